The van der Waals surface area contributed by atoms with Crippen LogP contribution in [-0.2, 0) is 4.79 Å². The van der Waals surface area contributed by atoms with E-state index in [-0.39, 0.29) is 17.8 Å². The van der Waals surface area contributed by atoms with E-state index >= 15 is 0 Å². The van der Waals surface area contributed by atoms with Crippen LogP contribution < -0.4 is 10.6 Å². The number of hydrogen-bond donors (Lipinski definition) is 3. The third kappa shape index (κ3) is 3.32. The van der Waals surface area contributed by atoms with E-state index in [2.05, 4.69) is 30.6 Å². The molecular formula is C17H16ClFN6O. The van der Waals surface area contributed by atoms with Crippen molar-refractivity contribution in [2.75, 3.05) is 5.32 Å². The first-order valence-corrected chi connectivity index (χ1v) is 8.61. The largest absolute Gasteiger partial charge is 0.356 e. The fourth-order valence-electron chi connectivity index (χ4n) is 2.59. The van der Waals surface area contributed by atoms with Crippen molar-refractivity contribution in [1.29, 1.82) is 0 Å². The molecule has 1 fully saturated rings. The molecule has 1 amide bonds. The highest BCUT2D eigenvalue weighted by Crippen LogP contribution is 2.28. The second-order valence-corrected chi connectivity index (χ2v) is 6.73. The van der Waals surface area contributed by atoms with Crippen molar-refractivity contribution < 1.29 is 9.18 Å². The summed E-state index contributed by atoms with van der Waals surface area (Å²) in [7, 11) is 0. The van der Waals surface area contributed by atoms with Crippen LogP contribution in [0.2, 0.25) is 5.02 Å². The number of aromatic nitrogens is 4. The average molecular weight is 375 g/mol. The highest BCUT2D eigenvalue weighted by Gasteiger charge is 2.26. The summed E-state index contributed by atoms with van der Waals surface area (Å²) in [4.78, 5) is 27.6. The number of anilines is 1. The van der Waals surface area contributed by atoms with Crippen LogP contribution in [-0.4, -0.2) is 37.9 Å². The number of nitrogens with zero attached hydrogens (tertiary/aromatic N) is 3. The number of hydrogen-bond acceptors (Lipinski definition) is 5. The lowest BCUT2D eigenvalue weighted by molar-refractivity contribution is -0.121. The molecule has 7 nitrogen and oxygen atoms in total. The van der Waals surface area contributed by atoms with Crippen molar-refractivity contribution in [2.45, 2.75) is 31.8 Å². The molecule has 0 radical (unpaired) electrons. The number of carbonyl (C=O) groups is 1. The van der Waals surface area contributed by atoms with Gasteiger partial charge in [-0.25, -0.2) is 19.3 Å². The molecule has 3 aromatic rings. The topological polar surface area (TPSA) is 95.6 Å². The molecule has 1 atom stereocenters. The van der Waals surface area contributed by atoms with E-state index in [0.29, 0.717) is 22.1 Å². The van der Waals surface area contributed by atoms with Gasteiger partial charge in [0.25, 0.3) is 0 Å². The van der Waals surface area contributed by atoms with Crippen LogP contribution in [0, 0.1) is 5.82 Å². The Hall–Kier alpha value is -2.74. The minimum atomic E-state index is -0.629. The normalized spacial score (nSPS) is 15.0. The van der Waals surface area contributed by atoms with Crippen LogP contribution in [0.3, 0.4) is 0 Å². The second-order valence-electron chi connectivity index (χ2n) is 6.29. The summed E-state index contributed by atoms with van der Waals surface area (Å²) in [5, 5.41) is 6.89. The maximum Gasteiger partial charge on any atom is 0.242 e. The van der Waals surface area contributed by atoms with Crippen LogP contribution >= 0.6 is 11.6 Å². The minimum absolute atomic E-state index is 0.0298. The van der Waals surface area contributed by atoms with Gasteiger partial charge in [-0.3, -0.25) is 4.79 Å². The zero-order valence-corrected chi connectivity index (χ0v) is 14.6. The summed E-state index contributed by atoms with van der Waals surface area (Å²) < 4.78 is 14.1. The van der Waals surface area contributed by atoms with Crippen molar-refractivity contribution in [3.8, 4) is 11.4 Å². The van der Waals surface area contributed by atoms with E-state index in [0.717, 1.165) is 24.4 Å². The van der Waals surface area contributed by atoms with Crippen LogP contribution in [0.25, 0.3) is 22.4 Å². The third-order valence-electron chi connectivity index (χ3n) is 4.15. The Morgan fingerprint density at radius 2 is 2.19 bits per heavy atom. The number of pyridine rings is 1. The summed E-state index contributed by atoms with van der Waals surface area (Å²) in [5.74, 6) is -0.539. The number of halogens is 2. The molecule has 1 aliphatic rings. The van der Waals surface area contributed by atoms with E-state index in [1.165, 1.54) is 6.20 Å². The quantitative estimate of drug-likeness (QED) is 0.638. The van der Waals surface area contributed by atoms with Gasteiger partial charge in [0.2, 0.25) is 5.91 Å². The molecular weight excluding hydrogens is 359 g/mol. The summed E-state index contributed by atoms with van der Waals surface area (Å²) >= 11 is 6.01. The fourth-order valence-corrected chi connectivity index (χ4v) is 2.74. The van der Waals surface area contributed by atoms with Gasteiger partial charge in [-0.05, 0) is 25.8 Å². The molecule has 4 rings (SSSR count). The number of amides is 1. The standard InChI is InChI=1S/C17H16ClFN6O/c1-8(17(26)24-10-2-3-10)23-16-13(19)7-22-15(25-16)12-6-21-14-11(12)4-9(18)5-20-14/h4-8,10H,2-3H2,1H3,(H,20,21)(H,24,26)(H,22,23,25)/t8-/m0/s1. The van der Waals surface area contributed by atoms with Crippen LogP contribution in [0.1, 0.15) is 19.8 Å². The van der Waals surface area contributed by atoms with Crippen LogP contribution in [0.4, 0.5) is 10.2 Å². The number of fused-ring (bicyclic) bond motifs is 1. The molecule has 1 saturated carbocycles. The van der Waals surface area contributed by atoms with Gasteiger partial charge in [0.15, 0.2) is 17.5 Å². The van der Waals surface area contributed by atoms with E-state index in [9.17, 15) is 9.18 Å². The van der Waals surface area contributed by atoms with Gasteiger partial charge in [-0.2, -0.15) is 0 Å². The fraction of sp³-hybridized carbons (Fsp3) is 0.294. The van der Waals surface area contributed by atoms with Gasteiger partial charge in [0, 0.05) is 29.4 Å². The Labute approximate surface area is 153 Å². The third-order valence-corrected chi connectivity index (χ3v) is 4.36. The Morgan fingerprint density at radius 3 is 2.96 bits per heavy atom. The summed E-state index contributed by atoms with van der Waals surface area (Å²) in [6.07, 6.45) is 6.27. The predicted octanol–water partition coefficient (Wildman–Crippen LogP) is 2.89. The highest BCUT2D eigenvalue weighted by atomic mass is 35.5. The molecule has 0 aromatic carbocycles. The predicted molar refractivity (Wildman–Crippen MR) is 96.3 cm³/mol. The molecule has 0 aliphatic heterocycles. The van der Waals surface area contributed by atoms with Gasteiger partial charge in [-0.15, -0.1) is 0 Å². The number of aromatic amines is 1. The van der Waals surface area contributed by atoms with E-state index < -0.39 is 11.9 Å². The molecule has 3 aromatic heterocycles. The highest BCUT2D eigenvalue weighted by molar-refractivity contribution is 6.31. The van der Waals surface area contributed by atoms with Gasteiger partial charge >= 0.3 is 0 Å². The maximum atomic E-state index is 14.1. The van der Waals surface area contributed by atoms with Gasteiger partial charge < -0.3 is 15.6 Å². The second kappa shape index (κ2) is 6.53. The van der Waals surface area contributed by atoms with Crippen molar-refractivity contribution in [3.05, 3.63) is 35.5 Å². The molecule has 0 saturated heterocycles. The smallest absolute Gasteiger partial charge is 0.242 e. The maximum absolute atomic E-state index is 14.1. The molecule has 3 heterocycles. The SMILES string of the molecule is C[C@H](Nc1nc(-c2c[nH]c3ncc(Cl)cc23)ncc1F)C(=O)NC1CC1. The van der Waals surface area contributed by atoms with Crippen molar-refractivity contribution in [3.63, 3.8) is 0 Å². The van der Waals surface area contributed by atoms with Gasteiger partial charge in [-0.1, -0.05) is 11.6 Å². The lowest BCUT2D eigenvalue weighted by Gasteiger charge is -2.15. The first-order chi connectivity index (χ1) is 12.5. The Morgan fingerprint density at radius 1 is 1.38 bits per heavy atom. The lowest BCUT2D eigenvalue weighted by Crippen LogP contribution is -2.39. The van der Waals surface area contributed by atoms with E-state index in [1.54, 1.807) is 19.2 Å². The first kappa shape index (κ1) is 16.7. The molecule has 9 heteroatoms. The lowest BCUT2D eigenvalue weighted by atomic mass is 10.2. The molecule has 0 spiro atoms. The van der Waals surface area contributed by atoms with Gasteiger partial charge in [0.1, 0.15) is 11.7 Å². The Bertz CT molecular complexity index is 987. The first-order valence-electron chi connectivity index (χ1n) is 8.23. The summed E-state index contributed by atoms with van der Waals surface area (Å²) in [6.45, 7) is 1.66. The Balaban J connectivity index is 1.62. The number of rotatable bonds is 5. The average Bonchev–Trinajstić information content (AvgIpc) is 3.33. The van der Waals surface area contributed by atoms with E-state index in [4.69, 9.17) is 11.6 Å². The minimum Gasteiger partial charge on any atom is -0.356 e. The van der Waals surface area contributed by atoms with E-state index in [1.807, 2.05) is 0 Å². The molecule has 0 bridgehead atoms. The Kier molecular flexibility index (Phi) is 4.20. The van der Waals surface area contributed by atoms with Crippen LogP contribution in [0.15, 0.2) is 24.7 Å². The monoisotopic (exact) mass is 374 g/mol. The molecule has 3 N–H and O–H groups in total. The zero-order valence-electron chi connectivity index (χ0n) is 13.9. The molecule has 0 unspecified atom stereocenters. The summed E-state index contributed by atoms with van der Waals surface area (Å²) in [5.41, 5.74) is 1.28. The van der Waals surface area contributed by atoms with Gasteiger partial charge in [0.05, 0.1) is 11.2 Å². The number of carbonyl (C=O) groups excluding carboxylic acids is 1. The number of nitrogens with one attached hydrogen (secondary N) is 3. The number of H-pyrrole nitrogens is 1. The van der Waals surface area contributed by atoms with Crippen LogP contribution in [0.5, 0.6) is 0 Å². The van der Waals surface area contributed by atoms with Crippen molar-refractivity contribution >= 4 is 34.4 Å². The molecule has 26 heavy (non-hydrogen) atoms. The van der Waals surface area contributed by atoms with Crippen molar-refractivity contribution in [2.24, 2.45) is 0 Å². The molecule has 1 aliphatic carbocycles. The molecule has 134 valence electrons. The zero-order chi connectivity index (χ0) is 18.3. The van der Waals surface area contributed by atoms with Crippen molar-refractivity contribution in [1.82, 2.24) is 25.3 Å². The summed E-state index contributed by atoms with van der Waals surface area (Å²) in [6, 6.07) is 1.36.